The van der Waals surface area contributed by atoms with E-state index in [9.17, 15) is 18.5 Å². The van der Waals surface area contributed by atoms with Crippen molar-refractivity contribution in [3.05, 3.63) is 4.91 Å². The Morgan fingerprint density at radius 3 is 2.08 bits per heavy atom. The molecule has 0 atom stereocenters. The van der Waals surface area contributed by atoms with Gasteiger partial charge in [0.15, 0.2) is 0 Å². The average molecular weight is 189 g/mol. The monoisotopic (exact) mass is 189 g/mol. The molecule has 0 aromatic heterocycles. The molecule has 0 heterocycles. The highest BCUT2D eigenvalue weighted by Crippen LogP contribution is 2.76. The molecule has 1 spiro atoms. The quantitative estimate of drug-likeness (QED) is 0.593. The lowest BCUT2D eigenvalue weighted by Crippen LogP contribution is -2.44. The van der Waals surface area contributed by atoms with Crippen LogP contribution in [0.2, 0.25) is 0 Å². The second-order valence-electron chi connectivity index (χ2n) is 4.47. The van der Waals surface area contributed by atoms with Crippen molar-refractivity contribution < 1.29 is 13.6 Å². The zero-order valence-electron chi connectivity index (χ0n) is 7.14. The van der Waals surface area contributed by atoms with Gasteiger partial charge in [0, 0.05) is 17.0 Å². The molecule has 2 aliphatic carbocycles. The summed E-state index contributed by atoms with van der Waals surface area (Å²) >= 11 is 0. The Balaban J connectivity index is 2.06. The summed E-state index contributed by atoms with van der Waals surface area (Å²) < 4.78 is 25.4. The van der Waals surface area contributed by atoms with Crippen molar-refractivity contribution in [2.24, 2.45) is 16.0 Å². The molecule has 0 aromatic rings. The summed E-state index contributed by atoms with van der Waals surface area (Å²) in [6, 6.07) is 0. The Hall–Kier alpha value is -0.870. The Bertz CT molecular complexity index is 295. The molecule has 2 fully saturated rings. The molecule has 1 amide bonds. The molecule has 0 N–H and O–H groups in total. The number of nitroso groups, excluding NO2 is 1. The first-order valence-corrected chi connectivity index (χ1v) is 4.11. The van der Waals surface area contributed by atoms with Gasteiger partial charge in [0.2, 0.25) is 0 Å². The summed E-state index contributed by atoms with van der Waals surface area (Å²) in [5, 5.41) is 2.29. The molecular formula is C8H9F2NO2. The summed E-state index contributed by atoms with van der Waals surface area (Å²) in [7, 11) is 0. The normalized spacial score (nSPS) is 45.5. The van der Waals surface area contributed by atoms with Gasteiger partial charge in [-0.2, -0.15) is 0 Å². The van der Waals surface area contributed by atoms with Crippen LogP contribution in [0.1, 0.15) is 26.2 Å². The van der Waals surface area contributed by atoms with E-state index in [0.717, 1.165) is 0 Å². The van der Waals surface area contributed by atoms with Crippen LogP contribution in [0.5, 0.6) is 0 Å². The number of alkyl halides is 2. The van der Waals surface area contributed by atoms with Gasteiger partial charge in [-0.05, 0) is 12.8 Å². The van der Waals surface area contributed by atoms with Crippen LogP contribution in [0.15, 0.2) is 5.18 Å². The lowest BCUT2D eigenvalue weighted by atomic mass is 9.60. The Labute approximate surface area is 73.5 Å². The van der Waals surface area contributed by atoms with Crippen molar-refractivity contribution in [3.8, 4) is 0 Å². The van der Waals surface area contributed by atoms with Gasteiger partial charge in [-0.3, -0.25) is 4.79 Å². The number of halogens is 2. The standard InChI is InChI=1S/C8H9F2NO2/c1-6(5(12)11-13)2-7(3-6)4-8(7,9)10/h2-4H2,1H3. The summed E-state index contributed by atoms with van der Waals surface area (Å²) in [5.41, 5.74) is -1.89. The fourth-order valence-electron chi connectivity index (χ4n) is 2.47. The van der Waals surface area contributed by atoms with Crippen LogP contribution in [0.4, 0.5) is 8.78 Å². The smallest absolute Gasteiger partial charge is 0.268 e. The first kappa shape index (κ1) is 8.72. The highest BCUT2D eigenvalue weighted by Gasteiger charge is 2.79. The molecule has 0 aliphatic heterocycles. The first-order chi connectivity index (χ1) is 5.85. The predicted molar refractivity (Wildman–Crippen MR) is 40.1 cm³/mol. The molecule has 0 bridgehead atoms. The van der Waals surface area contributed by atoms with Crippen molar-refractivity contribution in [2.75, 3.05) is 0 Å². The predicted octanol–water partition coefficient (Wildman–Crippen LogP) is 2.10. The largest absolute Gasteiger partial charge is 0.292 e. The van der Waals surface area contributed by atoms with E-state index in [1.807, 2.05) is 0 Å². The van der Waals surface area contributed by atoms with Gasteiger partial charge < -0.3 is 0 Å². The number of hydrogen-bond donors (Lipinski definition) is 0. The number of carbonyl (C=O) groups excluding carboxylic acids is 1. The van der Waals surface area contributed by atoms with Gasteiger partial charge in [0.05, 0.1) is 5.41 Å². The second kappa shape index (κ2) is 1.96. The fraction of sp³-hybridized carbons (Fsp3) is 0.875. The van der Waals surface area contributed by atoms with Gasteiger partial charge >= 0.3 is 0 Å². The van der Waals surface area contributed by atoms with Crippen LogP contribution in [-0.2, 0) is 4.79 Å². The molecule has 72 valence electrons. The zero-order chi connectivity index (χ0) is 9.91. The number of amides is 1. The summed E-state index contributed by atoms with van der Waals surface area (Å²) in [6.45, 7) is 1.52. The van der Waals surface area contributed by atoms with Crippen LogP contribution >= 0.6 is 0 Å². The minimum atomic E-state index is -2.62. The molecular weight excluding hydrogens is 180 g/mol. The Morgan fingerprint density at radius 1 is 1.31 bits per heavy atom. The molecule has 3 nitrogen and oxygen atoms in total. The van der Waals surface area contributed by atoms with Crippen molar-refractivity contribution in [1.82, 2.24) is 0 Å². The van der Waals surface area contributed by atoms with Crippen LogP contribution in [0.3, 0.4) is 0 Å². The third-order valence-electron chi connectivity index (χ3n) is 3.27. The molecule has 2 rings (SSSR count). The maximum Gasteiger partial charge on any atom is 0.292 e. The fourth-order valence-corrected chi connectivity index (χ4v) is 2.47. The van der Waals surface area contributed by atoms with Gasteiger partial charge in [0.1, 0.15) is 0 Å². The minimum Gasteiger partial charge on any atom is -0.268 e. The molecule has 0 aromatic carbocycles. The average Bonchev–Trinajstić information content (AvgIpc) is 2.50. The van der Waals surface area contributed by atoms with Crippen LogP contribution in [-0.4, -0.2) is 11.8 Å². The highest BCUT2D eigenvalue weighted by molar-refractivity contribution is 5.84. The van der Waals surface area contributed by atoms with E-state index in [1.165, 1.54) is 6.92 Å². The minimum absolute atomic E-state index is 0.109. The molecule has 2 aliphatic rings. The van der Waals surface area contributed by atoms with Gasteiger partial charge in [-0.1, -0.05) is 6.92 Å². The van der Waals surface area contributed by atoms with Crippen molar-refractivity contribution in [3.63, 3.8) is 0 Å². The summed E-state index contributed by atoms with van der Waals surface area (Å²) in [5.74, 6) is -3.41. The van der Waals surface area contributed by atoms with Crippen molar-refractivity contribution >= 4 is 5.91 Å². The third-order valence-corrected chi connectivity index (χ3v) is 3.27. The molecule has 0 radical (unpaired) electrons. The van der Waals surface area contributed by atoms with Crippen LogP contribution in [0, 0.1) is 15.7 Å². The SMILES string of the molecule is CC1(C(=O)N=O)CC2(C1)CC2(F)F. The zero-order valence-corrected chi connectivity index (χ0v) is 7.14. The van der Waals surface area contributed by atoms with E-state index in [1.54, 1.807) is 0 Å². The first-order valence-electron chi connectivity index (χ1n) is 4.11. The number of hydrogen-bond acceptors (Lipinski definition) is 2. The van der Waals surface area contributed by atoms with E-state index in [-0.39, 0.29) is 19.3 Å². The third kappa shape index (κ3) is 0.899. The Kier molecular flexibility index (Phi) is 1.32. The van der Waals surface area contributed by atoms with Crippen LogP contribution in [0.25, 0.3) is 0 Å². The summed E-state index contributed by atoms with van der Waals surface area (Å²) in [4.78, 5) is 20.9. The van der Waals surface area contributed by atoms with E-state index >= 15 is 0 Å². The van der Waals surface area contributed by atoms with Gasteiger partial charge in [-0.15, -0.1) is 4.91 Å². The molecule has 2 saturated carbocycles. The molecule has 0 saturated heterocycles. The summed E-state index contributed by atoms with van der Waals surface area (Å²) in [6.07, 6.45) is 0.0802. The van der Waals surface area contributed by atoms with Crippen molar-refractivity contribution in [2.45, 2.75) is 32.1 Å². The maximum absolute atomic E-state index is 12.7. The number of rotatable bonds is 1. The van der Waals surface area contributed by atoms with Gasteiger partial charge in [0.25, 0.3) is 11.8 Å². The maximum atomic E-state index is 12.7. The topological polar surface area (TPSA) is 46.5 Å². The van der Waals surface area contributed by atoms with E-state index < -0.39 is 22.7 Å². The number of carbonyl (C=O) groups is 1. The number of nitrogens with zero attached hydrogens (tertiary/aromatic N) is 1. The van der Waals surface area contributed by atoms with E-state index in [4.69, 9.17) is 0 Å². The molecule has 5 heteroatoms. The molecule has 0 unspecified atom stereocenters. The van der Waals surface area contributed by atoms with Crippen molar-refractivity contribution in [1.29, 1.82) is 0 Å². The molecule has 13 heavy (non-hydrogen) atoms. The lowest BCUT2D eigenvalue weighted by molar-refractivity contribution is -0.139. The van der Waals surface area contributed by atoms with E-state index in [0.29, 0.717) is 0 Å². The lowest BCUT2D eigenvalue weighted by Gasteiger charge is -2.42. The second-order valence-corrected chi connectivity index (χ2v) is 4.47. The Morgan fingerprint density at radius 2 is 1.77 bits per heavy atom. The van der Waals surface area contributed by atoms with Gasteiger partial charge in [-0.25, -0.2) is 8.78 Å². The highest BCUT2D eigenvalue weighted by atomic mass is 19.3. The van der Waals surface area contributed by atoms with Crippen LogP contribution < -0.4 is 0 Å². The van der Waals surface area contributed by atoms with E-state index in [2.05, 4.69) is 5.18 Å².